The number of carbonyl (C=O) groups excluding carboxylic acids is 2. The van der Waals surface area contributed by atoms with Crippen LogP contribution in [0.25, 0.3) is 0 Å². The van der Waals surface area contributed by atoms with Crippen LogP contribution in [0.5, 0.6) is 5.75 Å². The molecular formula is C29H36N4O3. The lowest BCUT2D eigenvalue weighted by molar-refractivity contribution is -0.138. The molecule has 2 heterocycles. The second kappa shape index (κ2) is 11.9. The van der Waals surface area contributed by atoms with E-state index in [9.17, 15) is 9.59 Å². The average Bonchev–Trinajstić information content (AvgIpc) is 3.21. The van der Waals surface area contributed by atoms with Crippen LogP contribution in [0.2, 0.25) is 0 Å². The number of hydrogen-bond acceptors (Lipinski definition) is 4. The van der Waals surface area contributed by atoms with Gasteiger partial charge in [-0.15, -0.1) is 0 Å². The van der Waals surface area contributed by atoms with Crippen LogP contribution in [0.4, 0.5) is 0 Å². The SMILES string of the molecule is Cc1c(CCC(=O)N2CC[C@H](Oc3ccccc3)[C@@H](CC(=O)N(C)Cc3ccccc3)C2)cnn1C. The fraction of sp³-hybridized carbons (Fsp3) is 0.414. The maximum Gasteiger partial charge on any atom is 0.223 e. The molecule has 0 unspecified atom stereocenters. The molecule has 1 fully saturated rings. The van der Waals surface area contributed by atoms with E-state index < -0.39 is 0 Å². The summed E-state index contributed by atoms with van der Waals surface area (Å²) >= 11 is 0. The van der Waals surface area contributed by atoms with Crippen molar-refractivity contribution in [3.05, 3.63) is 83.7 Å². The van der Waals surface area contributed by atoms with Crippen molar-refractivity contribution >= 4 is 11.8 Å². The quantitative estimate of drug-likeness (QED) is 0.457. The van der Waals surface area contributed by atoms with Gasteiger partial charge >= 0.3 is 0 Å². The first kappa shape index (κ1) is 25.5. The van der Waals surface area contributed by atoms with Gasteiger partial charge in [0.25, 0.3) is 0 Å². The number of piperidine rings is 1. The van der Waals surface area contributed by atoms with Gasteiger partial charge in [0.1, 0.15) is 11.9 Å². The minimum absolute atomic E-state index is 0.0609. The molecule has 2 atom stereocenters. The molecule has 2 aromatic carbocycles. The summed E-state index contributed by atoms with van der Waals surface area (Å²) in [5.74, 6) is 0.899. The van der Waals surface area contributed by atoms with E-state index in [1.165, 1.54) is 0 Å². The zero-order chi connectivity index (χ0) is 25.5. The zero-order valence-electron chi connectivity index (χ0n) is 21.5. The number of ether oxygens (including phenoxy) is 1. The number of likely N-dealkylation sites (tertiary alicyclic amines) is 1. The van der Waals surface area contributed by atoms with Gasteiger partial charge in [-0.1, -0.05) is 48.5 Å². The van der Waals surface area contributed by atoms with Gasteiger partial charge in [-0.3, -0.25) is 14.3 Å². The molecule has 7 nitrogen and oxygen atoms in total. The Morgan fingerprint density at radius 1 is 1.08 bits per heavy atom. The number of nitrogens with zero attached hydrogens (tertiary/aromatic N) is 4. The van der Waals surface area contributed by atoms with Gasteiger partial charge in [0.2, 0.25) is 11.8 Å². The highest BCUT2D eigenvalue weighted by Gasteiger charge is 2.35. The van der Waals surface area contributed by atoms with Crippen LogP contribution in [-0.4, -0.2) is 57.6 Å². The van der Waals surface area contributed by atoms with Gasteiger partial charge in [-0.05, 0) is 36.6 Å². The molecule has 1 saturated heterocycles. The largest absolute Gasteiger partial charge is 0.490 e. The van der Waals surface area contributed by atoms with Crippen molar-refractivity contribution < 1.29 is 14.3 Å². The number of aryl methyl sites for hydroxylation is 2. The number of aromatic nitrogens is 2. The Balaban J connectivity index is 1.41. The van der Waals surface area contributed by atoms with Gasteiger partial charge in [0.15, 0.2) is 0 Å². The Morgan fingerprint density at radius 3 is 2.44 bits per heavy atom. The topological polar surface area (TPSA) is 67.7 Å². The summed E-state index contributed by atoms with van der Waals surface area (Å²) in [4.78, 5) is 30.0. The molecule has 1 aromatic heterocycles. The highest BCUT2D eigenvalue weighted by molar-refractivity contribution is 5.78. The third kappa shape index (κ3) is 6.53. The highest BCUT2D eigenvalue weighted by Crippen LogP contribution is 2.27. The predicted molar refractivity (Wildman–Crippen MR) is 139 cm³/mol. The summed E-state index contributed by atoms with van der Waals surface area (Å²) in [6, 6.07) is 19.7. The maximum absolute atomic E-state index is 13.2. The standard InChI is InChI=1S/C29H36N4O3/c1-22-24(19-30-32(22)3)14-15-28(34)33-17-16-27(36-26-12-8-5-9-13-26)25(21-33)18-29(35)31(2)20-23-10-6-4-7-11-23/h4-13,19,25,27H,14-18,20-21H2,1-3H3/t25-,27-/m0/s1. The Hall–Kier alpha value is -3.61. The first-order valence-corrected chi connectivity index (χ1v) is 12.7. The smallest absolute Gasteiger partial charge is 0.223 e. The Morgan fingerprint density at radius 2 is 1.78 bits per heavy atom. The lowest BCUT2D eigenvalue weighted by Gasteiger charge is -2.39. The van der Waals surface area contributed by atoms with Crippen molar-refractivity contribution in [2.75, 3.05) is 20.1 Å². The molecule has 4 rings (SSSR count). The first-order valence-electron chi connectivity index (χ1n) is 12.7. The number of amides is 2. The molecule has 0 spiro atoms. The summed E-state index contributed by atoms with van der Waals surface area (Å²) in [7, 11) is 3.75. The lowest BCUT2D eigenvalue weighted by Crippen LogP contribution is -2.49. The normalized spacial score (nSPS) is 17.6. The van der Waals surface area contributed by atoms with E-state index in [-0.39, 0.29) is 23.8 Å². The molecule has 0 bridgehead atoms. The molecule has 2 amide bonds. The molecule has 0 radical (unpaired) electrons. The first-order chi connectivity index (χ1) is 17.4. The molecule has 0 saturated carbocycles. The third-order valence-electron chi connectivity index (χ3n) is 7.12. The van der Waals surface area contributed by atoms with Crippen LogP contribution in [0.15, 0.2) is 66.9 Å². The van der Waals surface area contributed by atoms with Crippen LogP contribution in [0.3, 0.4) is 0 Å². The van der Waals surface area contributed by atoms with Crippen molar-refractivity contribution in [1.29, 1.82) is 0 Å². The molecule has 0 aliphatic carbocycles. The summed E-state index contributed by atoms with van der Waals surface area (Å²) in [5.41, 5.74) is 3.28. The second-order valence-corrected chi connectivity index (χ2v) is 9.68. The van der Waals surface area contributed by atoms with Gasteiger partial charge < -0.3 is 14.5 Å². The van der Waals surface area contributed by atoms with Crippen molar-refractivity contribution in [2.45, 2.75) is 45.3 Å². The minimum atomic E-state index is -0.119. The van der Waals surface area contributed by atoms with Crippen LogP contribution in [0, 0.1) is 12.8 Å². The monoisotopic (exact) mass is 488 g/mol. The lowest BCUT2D eigenvalue weighted by atomic mass is 9.90. The van der Waals surface area contributed by atoms with E-state index in [4.69, 9.17) is 4.74 Å². The molecule has 1 aliphatic rings. The van der Waals surface area contributed by atoms with Gasteiger partial charge in [0.05, 0.1) is 6.20 Å². The van der Waals surface area contributed by atoms with E-state index in [1.54, 1.807) is 4.90 Å². The van der Waals surface area contributed by atoms with E-state index in [0.29, 0.717) is 45.3 Å². The molecule has 190 valence electrons. The summed E-state index contributed by atoms with van der Waals surface area (Å²) in [6.07, 6.45) is 3.87. The molecule has 0 N–H and O–H groups in total. The van der Waals surface area contributed by atoms with Crippen LogP contribution < -0.4 is 4.74 Å². The number of benzene rings is 2. The number of hydrogen-bond donors (Lipinski definition) is 0. The van der Waals surface area contributed by atoms with E-state index in [0.717, 1.165) is 22.6 Å². The molecule has 36 heavy (non-hydrogen) atoms. The Bertz CT molecular complexity index is 1150. The van der Waals surface area contributed by atoms with Crippen molar-refractivity contribution in [3.8, 4) is 5.75 Å². The number of para-hydroxylation sites is 1. The van der Waals surface area contributed by atoms with E-state index in [1.807, 2.05) is 97.5 Å². The van der Waals surface area contributed by atoms with Gasteiger partial charge in [0, 0.05) is 64.6 Å². The molecule has 3 aromatic rings. The third-order valence-corrected chi connectivity index (χ3v) is 7.12. The number of rotatable bonds is 9. The summed E-state index contributed by atoms with van der Waals surface area (Å²) < 4.78 is 8.16. The summed E-state index contributed by atoms with van der Waals surface area (Å²) in [6.45, 7) is 3.73. The fourth-order valence-electron chi connectivity index (χ4n) is 4.78. The highest BCUT2D eigenvalue weighted by atomic mass is 16.5. The average molecular weight is 489 g/mol. The van der Waals surface area contributed by atoms with E-state index >= 15 is 0 Å². The molecule has 1 aliphatic heterocycles. The molecular weight excluding hydrogens is 452 g/mol. The summed E-state index contributed by atoms with van der Waals surface area (Å²) in [5, 5.41) is 4.28. The fourth-order valence-corrected chi connectivity index (χ4v) is 4.78. The van der Waals surface area contributed by atoms with E-state index in [2.05, 4.69) is 5.10 Å². The van der Waals surface area contributed by atoms with Crippen molar-refractivity contribution in [2.24, 2.45) is 13.0 Å². The van der Waals surface area contributed by atoms with Gasteiger partial charge in [-0.25, -0.2) is 0 Å². The van der Waals surface area contributed by atoms with Crippen molar-refractivity contribution in [3.63, 3.8) is 0 Å². The Kier molecular flexibility index (Phi) is 8.41. The maximum atomic E-state index is 13.2. The van der Waals surface area contributed by atoms with Crippen LogP contribution >= 0.6 is 0 Å². The molecule has 7 heteroatoms. The van der Waals surface area contributed by atoms with Crippen LogP contribution in [-0.2, 0) is 29.6 Å². The number of carbonyl (C=O) groups is 2. The Labute approximate surface area is 213 Å². The minimum Gasteiger partial charge on any atom is -0.490 e. The van der Waals surface area contributed by atoms with Crippen molar-refractivity contribution in [1.82, 2.24) is 19.6 Å². The predicted octanol–water partition coefficient (Wildman–Crippen LogP) is 4.01. The zero-order valence-corrected chi connectivity index (χ0v) is 21.5. The van der Waals surface area contributed by atoms with Crippen LogP contribution in [0.1, 0.15) is 36.1 Å². The second-order valence-electron chi connectivity index (χ2n) is 9.68. The van der Waals surface area contributed by atoms with Gasteiger partial charge in [-0.2, -0.15) is 5.10 Å².